The van der Waals surface area contributed by atoms with Crippen LogP contribution in [0.15, 0.2) is 48.5 Å². The van der Waals surface area contributed by atoms with Gasteiger partial charge in [-0.25, -0.2) is 4.79 Å². The molecule has 1 saturated carbocycles. The second-order valence-electron chi connectivity index (χ2n) is 13.1. The van der Waals surface area contributed by atoms with E-state index < -0.39 is 29.3 Å². The van der Waals surface area contributed by atoms with Gasteiger partial charge in [0.1, 0.15) is 23.4 Å². The maximum absolute atomic E-state index is 14.7. The SMILES string of the molecule is CCC(C)(C)N(C(=O)C(Cc1ccccc1)NC(=O)OC(C)(C)C)C(C(=O)NC1CCCCC1)c1ccc(O)c(C)c1. The Balaban J connectivity index is 2.11. The molecule has 42 heavy (non-hydrogen) atoms. The zero-order valence-electron chi connectivity index (χ0n) is 26.3. The number of carbonyl (C=O) groups is 3. The summed E-state index contributed by atoms with van der Waals surface area (Å²) in [5, 5.41) is 16.3. The number of nitrogens with zero attached hydrogens (tertiary/aromatic N) is 1. The van der Waals surface area contributed by atoms with Gasteiger partial charge in [0.25, 0.3) is 0 Å². The maximum Gasteiger partial charge on any atom is 0.408 e. The number of carbonyl (C=O) groups excluding carboxylic acids is 3. The van der Waals surface area contributed by atoms with Crippen LogP contribution in [0.5, 0.6) is 5.75 Å². The lowest BCUT2D eigenvalue weighted by Gasteiger charge is -2.45. The first kappa shape index (κ1) is 33.0. The lowest BCUT2D eigenvalue weighted by molar-refractivity contribution is -0.149. The van der Waals surface area contributed by atoms with Crippen LogP contribution in [0.2, 0.25) is 0 Å². The highest BCUT2D eigenvalue weighted by Gasteiger charge is 2.43. The number of phenols is 1. The molecule has 0 radical (unpaired) electrons. The average Bonchev–Trinajstić information content (AvgIpc) is 2.92. The Bertz CT molecular complexity index is 1220. The van der Waals surface area contributed by atoms with E-state index in [0.717, 1.165) is 37.7 Å². The van der Waals surface area contributed by atoms with Gasteiger partial charge >= 0.3 is 6.09 Å². The molecule has 2 aromatic carbocycles. The van der Waals surface area contributed by atoms with E-state index >= 15 is 0 Å². The Morgan fingerprint density at radius 3 is 2.21 bits per heavy atom. The van der Waals surface area contributed by atoms with Gasteiger partial charge in [0.15, 0.2) is 0 Å². The minimum atomic E-state index is -0.990. The summed E-state index contributed by atoms with van der Waals surface area (Å²) in [6.45, 7) is 12.9. The Morgan fingerprint density at radius 1 is 1.00 bits per heavy atom. The van der Waals surface area contributed by atoms with Crippen molar-refractivity contribution in [2.75, 3.05) is 0 Å². The van der Waals surface area contributed by atoms with Crippen molar-refractivity contribution in [2.45, 2.75) is 123 Å². The summed E-state index contributed by atoms with van der Waals surface area (Å²) in [5.74, 6) is -0.532. The van der Waals surface area contributed by atoms with E-state index in [0.29, 0.717) is 17.5 Å². The van der Waals surface area contributed by atoms with Gasteiger partial charge in [0.05, 0.1) is 0 Å². The van der Waals surface area contributed by atoms with Crippen molar-refractivity contribution < 1.29 is 24.2 Å². The van der Waals surface area contributed by atoms with E-state index in [9.17, 15) is 19.5 Å². The van der Waals surface area contributed by atoms with E-state index in [4.69, 9.17) is 4.74 Å². The van der Waals surface area contributed by atoms with Gasteiger partial charge in [-0.3, -0.25) is 9.59 Å². The Morgan fingerprint density at radius 2 is 1.64 bits per heavy atom. The van der Waals surface area contributed by atoms with Gasteiger partial charge in [-0.2, -0.15) is 0 Å². The summed E-state index contributed by atoms with van der Waals surface area (Å²) in [5.41, 5.74) is 0.562. The lowest BCUT2D eigenvalue weighted by atomic mass is 9.90. The molecule has 2 atom stereocenters. The largest absolute Gasteiger partial charge is 0.508 e. The Hall–Kier alpha value is -3.55. The van der Waals surface area contributed by atoms with Crippen LogP contribution in [0.4, 0.5) is 4.79 Å². The monoisotopic (exact) mass is 579 g/mol. The molecule has 0 spiro atoms. The minimum Gasteiger partial charge on any atom is -0.508 e. The topological polar surface area (TPSA) is 108 Å². The third kappa shape index (κ3) is 8.97. The smallest absolute Gasteiger partial charge is 0.408 e. The third-order valence-corrected chi connectivity index (χ3v) is 8.02. The molecule has 1 aliphatic rings. The molecule has 3 amide bonds. The van der Waals surface area contributed by atoms with Crippen LogP contribution in [0, 0.1) is 6.92 Å². The zero-order valence-corrected chi connectivity index (χ0v) is 26.3. The molecule has 0 heterocycles. The highest BCUT2D eigenvalue weighted by atomic mass is 16.6. The normalized spacial score (nSPS) is 15.8. The second kappa shape index (κ2) is 14.1. The summed E-state index contributed by atoms with van der Waals surface area (Å²) >= 11 is 0. The van der Waals surface area contributed by atoms with Gasteiger partial charge < -0.3 is 25.4 Å². The van der Waals surface area contributed by atoms with E-state index in [2.05, 4.69) is 10.6 Å². The van der Waals surface area contributed by atoms with Crippen molar-refractivity contribution in [3.63, 3.8) is 0 Å². The first-order valence-corrected chi connectivity index (χ1v) is 15.2. The molecule has 1 aliphatic carbocycles. The van der Waals surface area contributed by atoms with Crippen molar-refractivity contribution in [1.29, 1.82) is 0 Å². The molecule has 3 rings (SSSR count). The predicted molar refractivity (Wildman–Crippen MR) is 165 cm³/mol. The fourth-order valence-corrected chi connectivity index (χ4v) is 5.41. The zero-order chi connectivity index (χ0) is 31.1. The number of nitrogens with one attached hydrogen (secondary N) is 2. The molecule has 8 nitrogen and oxygen atoms in total. The van der Waals surface area contributed by atoms with Gasteiger partial charge in [-0.05, 0) is 89.6 Å². The van der Waals surface area contributed by atoms with Crippen molar-refractivity contribution >= 4 is 17.9 Å². The van der Waals surface area contributed by atoms with Crippen LogP contribution >= 0.6 is 0 Å². The molecule has 0 saturated heterocycles. The third-order valence-electron chi connectivity index (χ3n) is 8.02. The molecule has 8 heteroatoms. The van der Waals surface area contributed by atoms with Crippen LogP contribution in [-0.4, -0.2) is 51.1 Å². The van der Waals surface area contributed by atoms with E-state index in [1.807, 2.05) is 51.1 Å². The van der Waals surface area contributed by atoms with Gasteiger partial charge in [-0.15, -0.1) is 0 Å². The first-order chi connectivity index (χ1) is 19.7. The number of amides is 3. The number of alkyl carbamates (subject to hydrolysis) is 1. The molecular weight excluding hydrogens is 530 g/mol. The van der Waals surface area contributed by atoms with Crippen molar-refractivity contribution in [1.82, 2.24) is 15.5 Å². The van der Waals surface area contributed by atoms with Gasteiger partial charge in [0.2, 0.25) is 11.8 Å². The quantitative estimate of drug-likeness (QED) is 0.304. The van der Waals surface area contributed by atoms with Crippen LogP contribution < -0.4 is 10.6 Å². The van der Waals surface area contributed by atoms with E-state index in [1.54, 1.807) is 50.8 Å². The average molecular weight is 580 g/mol. The highest BCUT2D eigenvalue weighted by Crippen LogP contribution is 2.34. The summed E-state index contributed by atoms with van der Waals surface area (Å²) in [7, 11) is 0. The van der Waals surface area contributed by atoms with Crippen LogP contribution in [-0.2, 0) is 20.7 Å². The molecule has 0 bridgehead atoms. The molecular formula is C34H49N3O5. The van der Waals surface area contributed by atoms with Crippen molar-refractivity contribution in [2.24, 2.45) is 0 Å². The fraction of sp³-hybridized carbons (Fsp3) is 0.559. The van der Waals surface area contributed by atoms with Gasteiger partial charge in [-0.1, -0.05) is 62.6 Å². The van der Waals surface area contributed by atoms with E-state index in [1.165, 1.54) is 0 Å². The van der Waals surface area contributed by atoms with Crippen LogP contribution in [0.3, 0.4) is 0 Å². The summed E-state index contributed by atoms with van der Waals surface area (Å²) in [6.07, 6.45) is 5.14. The standard InChI is InChI=1S/C34H49N3O5/c1-8-34(6,7)37(31(40)27(22-24-15-11-9-12-16-24)36-32(41)42-33(3,4)5)29(25-19-20-28(38)23(2)21-25)30(39)35-26-17-13-10-14-18-26/h9,11-12,15-16,19-21,26-27,29,38H,8,10,13-14,17-18,22H2,1-7H3,(H,35,39)(H,36,41). The van der Waals surface area contributed by atoms with Crippen molar-refractivity contribution in [3.05, 3.63) is 65.2 Å². The number of rotatable bonds is 10. The maximum atomic E-state index is 14.7. The summed E-state index contributed by atoms with van der Waals surface area (Å²) in [6, 6.07) is 12.6. The lowest BCUT2D eigenvalue weighted by Crippen LogP contribution is -2.60. The number of aryl methyl sites for hydroxylation is 1. The molecule has 2 unspecified atom stereocenters. The van der Waals surface area contributed by atoms with E-state index in [-0.39, 0.29) is 30.0 Å². The molecule has 230 valence electrons. The number of ether oxygens (including phenoxy) is 1. The number of hydrogen-bond donors (Lipinski definition) is 3. The molecule has 0 aromatic heterocycles. The Kier molecular flexibility index (Phi) is 11.0. The number of aromatic hydroxyl groups is 1. The Labute approximate surface area is 251 Å². The van der Waals surface area contributed by atoms with Crippen LogP contribution in [0.25, 0.3) is 0 Å². The van der Waals surface area contributed by atoms with Gasteiger partial charge in [0, 0.05) is 18.0 Å². The summed E-state index contributed by atoms with van der Waals surface area (Å²) in [4.78, 5) is 43.6. The highest BCUT2D eigenvalue weighted by molar-refractivity contribution is 5.93. The molecule has 0 aliphatic heterocycles. The number of phenolic OH excluding ortho intramolecular Hbond substituents is 1. The first-order valence-electron chi connectivity index (χ1n) is 15.2. The second-order valence-corrected chi connectivity index (χ2v) is 13.1. The summed E-state index contributed by atoms with van der Waals surface area (Å²) < 4.78 is 5.54. The molecule has 2 aromatic rings. The number of hydrogen-bond acceptors (Lipinski definition) is 5. The van der Waals surface area contributed by atoms with Crippen LogP contribution in [0.1, 0.15) is 103 Å². The van der Waals surface area contributed by atoms with Crippen molar-refractivity contribution in [3.8, 4) is 5.75 Å². The minimum absolute atomic E-state index is 0.0358. The fourth-order valence-electron chi connectivity index (χ4n) is 5.41. The predicted octanol–water partition coefficient (Wildman–Crippen LogP) is 6.34. The molecule has 3 N–H and O–H groups in total. The molecule has 1 fully saturated rings. The number of benzene rings is 2.